The van der Waals surface area contributed by atoms with Crippen LogP contribution in [0, 0.1) is 13.8 Å². The summed E-state index contributed by atoms with van der Waals surface area (Å²) in [5.74, 6) is -0.313. The predicted octanol–water partition coefficient (Wildman–Crippen LogP) is 3.22. The Balaban J connectivity index is 1.60. The van der Waals surface area contributed by atoms with Gasteiger partial charge in [-0.25, -0.2) is 9.59 Å². The Kier molecular flexibility index (Phi) is 5.85. The molecule has 3 amide bonds. The van der Waals surface area contributed by atoms with E-state index >= 15 is 0 Å². The first-order valence-electron chi connectivity index (χ1n) is 10.5. The van der Waals surface area contributed by atoms with Crippen LogP contribution in [0.2, 0.25) is 0 Å². The van der Waals surface area contributed by atoms with E-state index in [2.05, 4.69) is 10.6 Å². The zero-order valence-corrected chi connectivity index (χ0v) is 18.2. The van der Waals surface area contributed by atoms with Crippen molar-refractivity contribution in [1.29, 1.82) is 0 Å². The number of benzene rings is 2. The fraction of sp³-hybridized carbons (Fsp3) is 0.292. The van der Waals surface area contributed by atoms with Crippen LogP contribution < -0.4 is 15.4 Å². The Labute approximate surface area is 186 Å². The first kappa shape index (κ1) is 21.4. The molecule has 0 saturated heterocycles. The number of anilines is 1. The van der Waals surface area contributed by atoms with Gasteiger partial charge in [0.1, 0.15) is 18.9 Å². The van der Waals surface area contributed by atoms with Crippen LogP contribution in [0.4, 0.5) is 10.5 Å². The number of nitrogens with one attached hydrogen (secondary N) is 2. The highest BCUT2D eigenvalue weighted by molar-refractivity contribution is 6.00. The summed E-state index contributed by atoms with van der Waals surface area (Å²) in [4.78, 5) is 39.5. The van der Waals surface area contributed by atoms with Gasteiger partial charge >= 0.3 is 12.0 Å². The molecule has 2 N–H and O–H groups in total. The summed E-state index contributed by atoms with van der Waals surface area (Å²) in [7, 11) is 0. The summed E-state index contributed by atoms with van der Waals surface area (Å²) < 4.78 is 10.9. The van der Waals surface area contributed by atoms with E-state index in [0.29, 0.717) is 34.9 Å². The van der Waals surface area contributed by atoms with Crippen molar-refractivity contribution in [2.45, 2.75) is 26.8 Å². The van der Waals surface area contributed by atoms with Crippen molar-refractivity contribution < 1.29 is 23.9 Å². The molecule has 0 saturated carbocycles. The molecule has 32 heavy (non-hydrogen) atoms. The predicted molar refractivity (Wildman–Crippen MR) is 118 cm³/mol. The molecule has 2 aliphatic heterocycles. The molecule has 2 heterocycles. The van der Waals surface area contributed by atoms with E-state index in [1.807, 2.05) is 51.1 Å². The molecule has 0 unspecified atom stereocenters. The van der Waals surface area contributed by atoms with Crippen molar-refractivity contribution >= 4 is 23.6 Å². The average Bonchev–Trinajstić information content (AvgIpc) is 3.15. The monoisotopic (exact) mass is 435 g/mol. The Morgan fingerprint density at radius 2 is 1.97 bits per heavy atom. The number of hydrogen-bond acceptors (Lipinski definition) is 5. The summed E-state index contributed by atoms with van der Waals surface area (Å²) in [6, 6.07) is 11.6. The second-order valence-electron chi connectivity index (χ2n) is 7.72. The number of ether oxygens (including phenoxy) is 2. The number of cyclic esters (lactones) is 1. The number of carbonyl (C=O) groups is 3. The summed E-state index contributed by atoms with van der Waals surface area (Å²) in [6.45, 7) is 5.95. The van der Waals surface area contributed by atoms with Gasteiger partial charge < -0.3 is 20.1 Å². The highest BCUT2D eigenvalue weighted by Crippen LogP contribution is 2.38. The van der Waals surface area contributed by atoms with Crippen molar-refractivity contribution in [2.24, 2.45) is 0 Å². The van der Waals surface area contributed by atoms with E-state index in [9.17, 15) is 14.4 Å². The number of para-hydroxylation sites is 1. The van der Waals surface area contributed by atoms with E-state index in [1.54, 1.807) is 12.1 Å². The van der Waals surface area contributed by atoms with Gasteiger partial charge in [-0.2, -0.15) is 0 Å². The van der Waals surface area contributed by atoms with Crippen molar-refractivity contribution in [3.63, 3.8) is 0 Å². The molecule has 8 heteroatoms. The summed E-state index contributed by atoms with van der Waals surface area (Å²) in [6.07, 6.45) is 0. The Morgan fingerprint density at radius 1 is 1.19 bits per heavy atom. The first-order chi connectivity index (χ1) is 15.4. The fourth-order valence-electron chi connectivity index (χ4n) is 3.88. The second-order valence-corrected chi connectivity index (χ2v) is 7.72. The van der Waals surface area contributed by atoms with Crippen molar-refractivity contribution in [3.8, 4) is 5.75 Å². The molecule has 0 aromatic heterocycles. The normalized spacial score (nSPS) is 17.6. The van der Waals surface area contributed by atoms with Crippen LogP contribution in [-0.2, 0) is 14.3 Å². The lowest BCUT2D eigenvalue weighted by Gasteiger charge is -2.33. The van der Waals surface area contributed by atoms with Gasteiger partial charge in [-0.15, -0.1) is 0 Å². The van der Waals surface area contributed by atoms with Crippen molar-refractivity contribution in [2.75, 3.05) is 25.1 Å². The van der Waals surface area contributed by atoms with E-state index in [1.165, 1.54) is 4.90 Å². The minimum atomic E-state index is -0.714. The molecule has 0 spiro atoms. The van der Waals surface area contributed by atoms with Crippen LogP contribution in [0.25, 0.3) is 0 Å². The maximum absolute atomic E-state index is 13.0. The molecule has 8 nitrogen and oxygen atoms in total. The lowest BCUT2D eigenvalue weighted by molar-refractivity contribution is -0.136. The Hall–Kier alpha value is -3.81. The molecule has 0 bridgehead atoms. The number of nitrogens with zero attached hydrogens (tertiary/aromatic N) is 1. The standard InChI is InChI=1S/C24H25N3O5/c1-4-31-19-8-6-5-7-17(19)22-21-18(13-32-23(21)29)27(24(30)26-22)12-20(28)25-16-10-9-14(2)15(3)11-16/h5-11,22H,4,12-13H2,1-3H3,(H,25,28)(H,26,30)/t22-/m0/s1. The van der Waals surface area contributed by atoms with E-state index < -0.39 is 18.0 Å². The molecule has 0 fully saturated rings. The van der Waals surface area contributed by atoms with E-state index in [-0.39, 0.29) is 19.1 Å². The molecule has 166 valence electrons. The minimum Gasteiger partial charge on any atom is -0.494 e. The molecule has 2 aromatic rings. The topological polar surface area (TPSA) is 97.0 Å². The van der Waals surface area contributed by atoms with Gasteiger partial charge in [0.15, 0.2) is 0 Å². The SMILES string of the molecule is CCOc1ccccc1[C@@H]1NC(=O)N(CC(=O)Nc2ccc(C)c(C)c2)C2=C1C(=O)OC2. The van der Waals surface area contributed by atoms with Crippen LogP contribution in [0.5, 0.6) is 5.75 Å². The first-order valence-corrected chi connectivity index (χ1v) is 10.5. The third kappa shape index (κ3) is 4.03. The van der Waals surface area contributed by atoms with Crippen LogP contribution >= 0.6 is 0 Å². The molecule has 0 aliphatic carbocycles. The zero-order valence-electron chi connectivity index (χ0n) is 18.2. The largest absolute Gasteiger partial charge is 0.494 e. The van der Waals surface area contributed by atoms with Gasteiger partial charge in [0.25, 0.3) is 0 Å². The number of carbonyl (C=O) groups excluding carboxylic acids is 3. The zero-order chi connectivity index (χ0) is 22.8. The Bertz CT molecular complexity index is 1120. The molecule has 1 atom stereocenters. The van der Waals surface area contributed by atoms with Crippen molar-refractivity contribution in [1.82, 2.24) is 10.2 Å². The van der Waals surface area contributed by atoms with Crippen molar-refractivity contribution in [3.05, 3.63) is 70.4 Å². The summed E-state index contributed by atoms with van der Waals surface area (Å²) in [5.41, 5.74) is 4.18. The number of hydrogen-bond donors (Lipinski definition) is 2. The lowest BCUT2D eigenvalue weighted by atomic mass is 9.95. The van der Waals surface area contributed by atoms with E-state index in [0.717, 1.165) is 11.1 Å². The maximum atomic E-state index is 13.0. The minimum absolute atomic E-state index is 0.0637. The van der Waals surface area contributed by atoms with Gasteiger partial charge in [0.2, 0.25) is 5.91 Å². The molecule has 0 radical (unpaired) electrons. The average molecular weight is 435 g/mol. The second kappa shape index (κ2) is 8.74. The third-order valence-electron chi connectivity index (χ3n) is 5.62. The number of esters is 1. The molecular formula is C24H25N3O5. The highest BCUT2D eigenvalue weighted by atomic mass is 16.5. The summed E-state index contributed by atoms with van der Waals surface area (Å²) >= 11 is 0. The summed E-state index contributed by atoms with van der Waals surface area (Å²) in [5, 5.41) is 5.65. The molecular weight excluding hydrogens is 410 g/mol. The third-order valence-corrected chi connectivity index (χ3v) is 5.62. The van der Waals surface area contributed by atoms with Crippen LogP contribution in [0.1, 0.15) is 29.7 Å². The van der Waals surface area contributed by atoms with Gasteiger partial charge in [-0.05, 0) is 50.1 Å². The highest BCUT2D eigenvalue weighted by Gasteiger charge is 2.43. The number of urea groups is 1. The molecule has 2 aromatic carbocycles. The van der Waals surface area contributed by atoms with Gasteiger partial charge in [-0.3, -0.25) is 9.69 Å². The number of aryl methyl sites for hydroxylation is 2. The van der Waals surface area contributed by atoms with Crippen LogP contribution in [0.15, 0.2) is 53.7 Å². The Morgan fingerprint density at radius 3 is 2.72 bits per heavy atom. The van der Waals surface area contributed by atoms with Crippen LogP contribution in [-0.4, -0.2) is 42.6 Å². The van der Waals surface area contributed by atoms with Gasteiger partial charge in [0, 0.05) is 11.3 Å². The number of amides is 3. The molecule has 4 rings (SSSR count). The van der Waals surface area contributed by atoms with Gasteiger partial charge in [-0.1, -0.05) is 24.3 Å². The lowest BCUT2D eigenvalue weighted by Crippen LogP contribution is -2.49. The fourth-order valence-corrected chi connectivity index (χ4v) is 3.88. The van der Waals surface area contributed by atoms with Crippen LogP contribution in [0.3, 0.4) is 0 Å². The maximum Gasteiger partial charge on any atom is 0.338 e. The number of rotatable bonds is 6. The quantitative estimate of drug-likeness (QED) is 0.679. The van der Waals surface area contributed by atoms with E-state index in [4.69, 9.17) is 9.47 Å². The molecule has 2 aliphatic rings. The van der Waals surface area contributed by atoms with Gasteiger partial charge in [0.05, 0.1) is 23.9 Å². The smallest absolute Gasteiger partial charge is 0.338 e.